The molecule has 2 heterocycles. The molecule has 2 aromatic rings. The predicted octanol–water partition coefficient (Wildman–Crippen LogP) is 2.31. The Kier molecular flexibility index (Phi) is 3.70. The van der Waals surface area contributed by atoms with Gasteiger partial charge in [0.15, 0.2) is 5.69 Å². The number of nitrogen functional groups attached to an aromatic ring is 1. The van der Waals surface area contributed by atoms with Crippen molar-refractivity contribution in [1.29, 1.82) is 5.26 Å². The molecular weight excluding hydrogens is 299 g/mol. The van der Waals surface area contributed by atoms with Crippen LogP contribution in [0.4, 0.5) is 24.7 Å². The van der Waals surface area contributed by atoms with Gasteiger partial charge in [-0.05, 0) is 6.92 Å². The molecular formula is C12H8F3N7. The predicted molar refractivity (Wildman–Crippen MR) is 68.5 cm³/mol. The van der Waals surface area contributed by atoms with E-state index in [4.69, 9.17) is 17.6 Å². The first-order valence-electron chi connectivity index (χ1n) is 5.84. The Balaban J connectivity index is 2.41. The second-order valence-corrected chi connectivity index (χ2v) is 4.26. The molecule has 0 aliphatic carbocycles. The maximum atomic E-state index is 12.4. The highest BCUT2D eigenvalue weighted by Crippen LogP contribution is 2.31. The van der Waals surface area contributed by atoms with Crippen LogP contribution in [-0.2, 0) is 6.18 Å². The van der Waals surface area contributed by atoms with Gasteiger partial charge in [-0.2, -0.15) is 23.5 Å². The van der Waals surface area contributed by atoms with Gasteiger partial charge in [0.2, 0.25) is 5.82 Å². The molecule has 0 radical (unpaired) electrons. The summed E-state index contributed by atoms with van der Waals surface area (Å²) in [6.07, 6.45) is -2.62. The van der Waals surface area contributed by atoms with E-state index in [0.29, 0.717) is 5.56 Å². The Morgan fingerprint density at radius 2 is 2.00 bits per heavy atom. The van der Waals surface area contributed by atoms with Gasteiger partial charge in [0.05, 0.1) is 12.6 Å². The smallest absolute Gasteiger partial charge is 0.393 e. The van der Waals surface area contributed by atoms with Gasteiger partial charge in [-0.3, -0.25) is 4.68 Å². The van der Waals surface area contributed by atoms with Crippen molar-refractivity contribution in [1.82, 2.24) is 19.7 Å². The minimum atomic E-state index is -4.63. The lowest BCUT2D eigenvalue weighted by Crippen LogP contribution is -2.15. The van der Waals surface area contributed by atoms with Gasteiger partial charge in [-0.1, -0.05) is 0 Å². The number of nitrogens with zero attached hydrogens (tertiary/aromatic N) is 6. The van der Waals surface area contributed by atoms with Crippen molar-refractivity contribution < 1.29 is 13.2 Å². The molecule has 0 fully saturated rings. The third kappa shape index (κ3) is 2.54. The van der Waals surface area contributed by atoms with E-state index in [2.05, 4.69) is 19.9 Å². The molecule has 2 aromatic heterocycles. The van der Waals surface area contributed by atoms with Crippen molar-refractivity contribution in [2.24, 2.45) is 0 Å². The van der Waals surface area contributed by atoms with E-state index in [9.17, 15) is 13.2 Å². The van der Waals surface area contributed by atoms with Crippen LogP contribution in [0.2, 0.25) is 0 Å². The largest absolute Gasteiger partial charge is 0.451 e. The highest BCUT2D eigenvalue weighted by atomic mass is 19.4. The normalized spacial score (nSPS) is 12.5. The van der Waals surface area contributed by atoms with Crippen LogP contribution < -0.4 is 5.73 Å². The summed E-state index contributed by atoms with van der Waals surface area (Å²) in [6.45, 7) is 8.56. The molecule has 0 spiro atoms. The molecule has 112 valence electrons. The molecule has 2 N–H and O–H groups in total. The Bertz CT molecular complexity index is 777. The zero-order chi connectivity index (χ0) is 16.5. The van der Waals surface area contributed by atoms with E-state index < -0.39 is 18.0 Å². The van der Waals surface area contributed by atoms with Gasteiger partial charge in [0, 0.05) is 18.0 Å². The van der Waals surface area contributed by atoms with Gasteiger partial charge in [-0.15, -0.1) is 0 Å². The number of hydrogen-bond donors (Lipinski definition) is 1. The lowest BCUT2D eigenvalue weighted by atomic mass is 10.2. The fourth-order valence-corrected chi connectivity index (χ4v) is 1.76. The molecule has 1 atom stereocenters. The van der Waals surface area contributed by atoms with Gasteiger partial charge < -0.3 is 5.73 Å². The van der Waals surface area contributed by atoms with Crippen LogP contribution in [0.3, 0.4) is 0 Å². The molecule has 0 aliphatic rings. The molecule has 22 heavy (non-hydrogen) atoms. The molecule has 0 aromatic carbocycles. The van der Waals surface area contributed by atoms with Gasteiger partial charge in [0.1, 0.15) is 11.9 Å². The van der Waals surface area contributed by atoms with E-state index >= 15 is 0 Å². The summed E-state index contributed by atoms with van der Waals surface area (Å²) in [5, 5.41) is 12.8. The number of hydrogen-bond acceptors (Lipinski definition) is 5. The van der Waals surface area contributed by atoms with Crippen LogP contribution in [0.15, 0.2) is 12.4 Å². The Hall–Kier alpha value is -3.14. The highest BCUT2D eigenvalue weighted by molar-refractivity contribution is 5.70. The second kappa shape index (κ2) is 5.33. The van der Waals surface area contributed by atoms with Gasteiger partial charge >= 0.3 is 6.18 Å². The number of halogens is 3. The summed E-state index contributed by atoms with van der Waals surface area (Å²) in [6, 6.07) is 1.10. The van der Waals surface area contributed by atoms with Crippen LogP contribution in [-0.4, -0.2) is 19.7 Å². The second-order valence-electron chi connectivity index (χ2n) is 4.26. The number of alkyl halides is 3. The zero-order valence-corrected chi connectivity index (χ0v) is 11.1. The third-order valence-electron chi connectivity index (χ3n) is 2.91. The monoisotopic (exact) mass is 307 g/mol. The quantitative estimate of drug-likeness (QED) is 0.858. The number of nitrogens with two attached hydrogens (primary N) is 1. The minimum absolute atomic E-state index is 0.0426. The van der Waals surface area contributed by atoms with Crippen molar-refractivity contribution >= 4 is 11.5 Å². The number of nitriles is 1. The minimum Gasteiger partial charge on any atom is -0.393 e. The van der Waals surface area contributed by atoms with Crippen LogP contribution in [0, 0.1) is 17.9 Å². The van der Waals surface area contributed by atoms with E-state index in [1.54, 1.807) is 13.0 Å². The molecule has 0 aliphatic heterocycles. The van der Waals surface area contributed by atoms with Crippen molar-refractivity contribution in [2.75, 3.05) is 5.73 Å². The zero-order valence-electron chi connectivity index (χ0n) is 11.1. The Morgan fingerprint density at radius 3 is 2.41 bits per heavy atom. The molecule has 10 heteroatoms. The summed E-state index contributed by atoms with van der Waals surface area (Å²) >= 11 is 0. The average molecular weight is 307 g/mol. The molecule has 1 unspecified atom stereocenters. The molecule has 0 amide bonds. The SMILES string of the molecule is [C-]#[N+]c1c(C#N)nn(C(C)c2cnc(C(F)(F)F)nc2)c1N. The maximum Gasteiger partial charge on any atom is 0.451 e. The van der Waals surface area contributed by atoms with E-state index in [-0.39, 0.29) is 17.2 Å². The summed E-state index contributed by atoms with van der Waals surface area (Å²) in [5.41, 5.74) is 5.81. The number of rotatable bonds is 2. The molecule has 2 rings (SSSR count). The summed E-state index contributed by atoms with van der Waals surface area (Å²) in [5.74, 6) is -1.30. The average Bonchev–Trinajstić information content (AvgIpc) is 2.81. The Morgan fingerprint density at radius 1 is 1.41 bits per heavy atom. The van der Waals surface area contributed by atoms with Crippen molar-refractivity contribution in [3.05, 3.63) is 40.9 Å². The van der Waals surface area contributed by atoms with Gasteiger partial charge in [0.25, 0.3) is 5.69 Å². The van der Waals surface area contributed by atoms with Crippen molar-refractivity contribution in [2.45, 2.75) is 19.1 Å². The fourth-order valence-electron chi connectivity index (χ4n) is 1.76. The first-order valence-corrected chi connectivity index (χ1v) is 5.84. The lowest BCUT2D eigenvalue weighted by Gasteiger charge is -2.14. The number of aromatic nitrogens is 4. The molecule has 0 saturated heterocycles. The molecule has 0 saturated carbocycles. The van der Waals surface area contributed by atoms with Crippen LogP contribution in [0.1, 0.15) is 30.0 Å². The van der Waals surface area contributed by atoms with Gasteiger partial charge in [-0.25, -0.2) is 14.8 Å². The molecule has 0 bridgehead atoms. The standard InChI is InChI=1S/C12H8F3N7/c1-6(7-4-19-11(20-5-7)12(13,14)15)22-10(17)9(18-2)8(3-16)21-22/h4-6H,17H2,1H3. The fraction of sp³-hybridized carbons (Fsp3) is 0.250. The first kappa shape index (κ1) is 15.3. The van der Waals surface area contributed by atoms with E-state index in [0.717, 1.165) is 12.4 Å². The van der Waals surface area contributed by atoms with E-state index in [1.165, 1.54) is 4.68 Å². The summed E-state index contributed by atoms with van der Waals surface area (Å²) in [4.78, 5) is 9.63. The first-order chi connectivity index (χ1) is 10.3. The van der Waals surface area contributed by atoms with E-state index in [1.807, 2.05) is 0 Å². The lowest BCUT2D eigenvalue weighted by molar-refractivity contribution is -0.145. The van der Waals surface area contributed by atoms with Crippen LogP contribution in [0.5, 0.6) is 0 Å². The van der Waals surface area contributed by atoms with Crippen LogP contribution >= 0.6 is 0 Å². The molecule has 7 nitrogen and oxygen atoms in total. The van der Waals surface area contributed by atoms with Crippen molar-refractivity contribution in [3.63, 3.8) is 0 Å². The maximum absolute atomic E-state index is 12.4. The third-order valence-corrected chi connectivity index (χ3v) is 2.91. The van der Waals surface area contributed by atoms with Crippen LogP contribution in [0.25, 0.3) is 4.85 Å². The topological polar surface area (TPSA) is 97.8 Å². The summed E-state index contributed by atoms with van der Waals surface area (Å²) in [7, 11) is 0. The number of anilines is 1. The highest BCUT2D eigenvalue weighted by Gasteiger charge is 2.34. The summed E-state index contributed by atoms with van der Waals surface area (Å²) < 4.78 is 38.4. The Labute approximate surface area is 122 Å². The van der Waals surface area contributed by atoms with Crippen molar-refractivity contribution in [3.8, 4) is 6.07 Å².